The van der Waals surface area contributed by atoms with Crippen molar-refractivity contribution in [3.8, 4) is 5.75 Å². The Bertz CT molecular complexity index is 508. The largest absolute Gasteiger partial charge is 0.496 e. The van der Waals surface area contributed by atoms with Crippen molar-refractivity contribution < 1.29 is 19.4 Å². The smallest absolute Gasteiger partial charge is 0.316 e. The van der Waals surface area contributed by atoms with E-state index in [0.29, 0.717) is 5.75 Å². The molecule has 1 aliphatic rings. The van der Waals surface area contributed by atoms with Crippen LogP contribution in [0.3, 0.4) is 0 Å². The van der Waals surface area contributed by atoms with Crippen LogP contribution in [0.1, 0.15) is 22.7 Å². The molecule has 1 heterocycles. The fourth-order valence-corrected chi connectivity index (χ4v) is 2.55. The molecule has 1 atom stereocenters. The van der Waals surface area contributed by atoms with Gasteiger partial charge in [0.1, 0.15) is 11.2 Å². The van der Waals surface area contributed by atoms with Gasteiger partial charge >= 0.3 is 5.97 Å². The molecule has 1 unspecified atom stereocenters. The Balaban J connectivity index is 2.49. The number of methoxy groups -OCH3 is 1. The predicted molar refractivity (Wildman–Crippen MR) is 70.3 cm³/mol. The highest BCUT2D eigenvalue weighted by Crippen LogP contribution is 2.43. The summed E-state index contributed by atoms with van der Waals surface area (Å²) in [5.41, 5.74) is 7.87. The highest BCUT2D eigenvalue weighted by molar-refractivity contribution is 5.77. The third-order valence-corrected chi connectivity index (χ3v) is 3.73. The van der Waals surface area contributed by atoms with Gasteiger partial charge in [0.2, 0.25) is 0 Å². The number of aryl methyl sites for hydroxylation is 2. The molecule has 0 bridgehead atoms. The number of rotatable bonds is 4. The summed E-state index contributed by atoms with van der Waals surface area (Å²) >= 11 is 0. The van der Waals surface area contributed by atoms with Crippen molar-refractivity contribution >= 4 is 5.97 Å². The summed E-state index contributed by atoms with van der Waals surface area (Å²) in [5, 5.41) is 9.42. The molecule has 0 amide bonds. The van der Waals surface area contributed by atoms with Crippen molar-refractivity contribution in [1.82, 2.24) is 0 Å². The van der Waals surface area contributed by atoms with Gasteiger partial charge in [-0.1, -0.05) is 17.7 Å². The van der Waals surface area contributed by atoms with Crippen LogP contribution >= 0.6 is 0 Å². The van der Waals surface area contributed by atoms with E-state index in [0.717, 1.165) is 16.7 Å². The van der Waals surface area contributed by atoms with Gasteiger partial charge in [-0.05, 0) is 19.4 Å². The number of hydrogen-bond donors (Lipinski definition) is 2. The molecule has 1 aliphatic heterocycles. The quantitative estimate of drug-likeness (QED) is 0.860. The normalized spacial score (nSPS) is 18.5. The molecule has 5 nitrogen and oxygen atoms in total. The number of carbonyl (C=O) groups is 1. The van der Waals surface area contributed by atoms with Crippen LogP contribution < -0.4 is 10.5 Å². The number of carboxylic acid groups (broad SMARTS) is 1. The summed E-state index contributed by atoms with van der Waals surface area (Å²) in [7, 11) is 1.57. The fourth-order valence-electron chi connectivity index (χ4n) is 2.55. The monoisotopic (exact) mass is 265 g/mol. The number of aliphatic carboxylic acids is 1. The second-order valence-corrected chi connectivity index (χ2v) is 5.14. The van der Waals surface area contributed by atoms with Gasteiger partial charge < -0.3 is 20.3 Å². The molecule has 104 valence electrons. The Morgan fingerprint density at radius 3 is 2.53 bits per heavy atom. The van der Waals surface area contributed by atoms with Crippen LogP contribution in [0.5, 0.6) is 5.75 Å². The predicted octanol–water partition coefficient (Wildman–Crippen LogP) is 1.41. The molecule has 1 saturated heterocycles. The summed E-state index contributed by atoms with van der Waals surface area (Å²) in [4.78, 5) is 11.5. The fraction of sp³-hybridized carbons (Fsp3) is 0.500. The van der Waals surface area contributed by atoms with E-state index in [4.69, 9.17) is 15.2 Å². The minimum Gasteiger partial charge on any atom is -0.496 e. The first-order chi connectivity index (χ1) is 8.92. The van der Waals surface area contributed by atoms with Gasteiger partial charge in [0.25, 0.3) is 0 Å². The van der Waals surface area contributed by atoms with E-state index in [1.165, 1.54) is 0 Å². The molecular formula is C14H19NO4. The second-order valence-electron chi connectivity index (χ2n) is 5.14. The lowest BCUT2D eigenvalue weighted by Crippen LogP contribution is -2.55. The van der Waals surface area contributed by atoms with Gasteiger partial charge in [0.05, 0.1) is 26.4 Å². The molecule has 0 spiro atoms. The van der Waals surface area contributed by atoms with Gasteiger partial charge in [-0.2, -0.15) is 0 Å². The minimum atomic E-state index is -1.05. The zero-order valence-electron chi connectivity index (χ0n) is 11.4. The number of hydrogen-bond acceptors (Lipinski definition) is 4. The van der Waals surface area contributed by atoms with Gasteiger partial charge in [0, 0.05) is 5.56 Å². The molecule has 19 heavy (non-hydrogen) atoms. The SMILES string of the molecule is COc1c(C)cc(C)cc1C(N)C1(C(=O)O)COC1. The van der Waals surface area contributed by atoms with E-state index in [2.05, 4.69) is 0 Å². The zero-order chi connectivity index (χ0) is 14.2. The first kappa shape index (κ1) is 13.8. The average molecular weight is 265 g/mol. The van der Waals surface area contributed by atoms with Gasteiger partial charge in [0.15, 0.2) is 0 Å². The molecule has 0 saturated carbocycles. The third-order valence-electron chi connectivity index (χ3n) is 3.73. The number of carboxylic acids is 1. The Labute approximate surface area is 112 Å². The highest BCUT2D eigenvalue weighted by atomic mass is 16.5. The molecule has 3 N–H and O–H groups in total. The van der Waals surface area contributed by atoms with E-state index >= 15 is 0 Å². The molecule has 0 aromatic heterocycles. The highest BCUT2D eigenvalue weighted by Gasteiger charge is 2.52. The standard InChI is InChI=1S/C14H19NO4/c1-8-4-9(2)11(18-3)10(5-8)12(15)14(13(16)17)6-19-7-14/h4-5,12H,6-7,15H2,1-3H3,(H,16,17). The lowest BCUT2D eigenvalue weighted by Gasteiger charge is -2.42. The van der Waals surface area contributed by atoms with E-state index < -0.39 is 17.4 Å². The summed E-state index contributed by atoms with van der Waals surface area (Å²) < 4.78 is 10.5. The van der Waals surface area contributed by atoms with Crippen LogP contribution in [0.2, 0.25) is 0 Å². The first-order valence-electron chi connectivity index (χ1n) is 6.14. The molecule has 1 fully saturated rings. The van der Waals surface area contributed by atoms with Crippen LogP contribution in [0, 0.1) is 19.3 Å². The van der Waals surface area contributed by atoms with Crippen molar-refractivity contribution in [1.29, 1.82) is 0 Å². The van der Waals surface area contributed by atoms with Crippen molar-refractivity contribution in [3.63, 3.8) is 0 Å². The molecule has 1 aromatic carbocycles. The van der Waals surface area contributed by atoms with E-state index in [9.17, 15) is 9.90 Å². The van der Waals surface area contributed by atoms with Crippen LogP contribution in [-0.2, 0) is 9.53 Å². The first-order valence-corrected chi connectivity index (χ1v) is 6.14. The van der Waals surface area contributed by atoms with Crippen LogP contribution in [0.25, 0.3) is 0 Å². The van der Waals surface area contributed by atoms with Gasteiger partial charge in [-0.25, -0.2) is 0 Å². The van der Waals surface area contributed by atoms with Crippen molar-refractivity contribution in [2.45, 2.75) is 19.9 Å². The van der Waals surface area contributed by atoms with Crippen LogP contribution in [-0.4, -0.2) is 31.4 Å². The number of nitrogens with two attached hydrogens (primary N) is 1. The lowest BCUT2D eigenvalue weighted by molar-refractivity contribution is -0.184. The molecular weight excluding hydrogens is 246 g/mol. The Morgan fingerprint density at radius 1 is 1.47 bits per heavy atom. The average Bonchev–Trinajstić information content (AvgIpc) is 2.25. The number of ether oxygens (including phenoxy) is 2. The molecule has 5 heteroatoms. The summed E-state index contributed by atoms with van der Waals surface area (Å²) in [6, 6.07) is 3.23. The number of benzene rings is 1. The zero-order valence-corrected chi connectivity index (χ0v) is 11.4. The maximum atomic E-state index is 11.5. The van der Waals surface area contributed by atoms with E-state index in [1.54, 1.807) is 7.11 Å². The second kappa shape index (κ2) is 4.83. The molecule has 2 rings (SSSR count). The van der Waals surface area contributed by atoms with Gasteiger partial charge in [-0.15, -0.1) is 0 Å². The third kappa shape index (κ3) is 2.09. The van der Waals surface area contributed by atoms with E-state index in [1.807, 2.05) is 26.0 Å². The Hall–Kier alpha value is -1.59. The summed E-state index contributed by atoms with van der Waals surface area (Å²) in [6.45, 7) is 4.15. The lowest BCUT2D eigenvalue weighted by atomic mass is 9.75. The van der Waals surface area contributed by atoms with Crippen molar-refractivity contribution in [2.75, 3.05) is 20.3 Å². The van der Waals surface area contributed by atoms with Gasteiger partial charge in [-0.3, -0.25) is 4.79 Å². The van der Waals surface area contributed by atoms with Crippen molar-refractivity contribution in [2.24, 2.45) is 11.1 Å². The maximum absolute atomic E-state index is 11.5. The van der Waals surface area contributed by atoms with Crippen LogP contribution in [0.4, 0.5) is 0 Å². The van der Waals surface area contributed by atoms with E-state index in [-0.39, 0.29) is 13.2 Å². The molecule has 1 aromatic rings. The molecule has 0 aliphatic carbocycles. The Kier molecular flexibility index (Phi) is 3.52. The maximum Gasteiger partial charge on any atom is 0.316 e. The Morgan fingerprint density at radius 2 is 2.11 bits per heavy atom. The molecule has 0 radical (unpaired) electrons. The summed E-state index contributed by atoms with van der Waals surface area (Å²) in [5.74, 6) is -0.266. The van der Waals surface area contributed by atoms with Crippen molar-refractivity contribution in [3.05, 3.63) is 28.8 Å². The van der Waals surface area contributed by atoms with Crippen LogP contribution in [0.15, 0.2) is 12.1 Å². The topological polar surface area (TPSA) is 81.8 Å². The minimum absolute atomic E-state index is 0.139. The summed E-state index contributed by atoms with van der Waals surface area (Å²) in [6.07, 6.45) is 0.